The van der Waals surface area contributed by atoms with Crippen LogP contribution in [0.3, 0.4) is 0 Å². The van der Waals surface area contributed by atoms with Gasteiger partial charge in [-0.05, 0) is 27.2 Å². The molecule has 0 saturated carbocycles. The summed E-state index contributed by atoms with van der Waals surface area (Å²) in [5, 5.41) is 0. The standard InChI is InChI=1S/C9H19NOS/c1-8(7-12-4)10(3)6-5-9(2)11/h8H,5-7H2,1-4H3. The molecule has 0 rings (SSSR count). The first kappa shape index (κ1) is 12.0. The molecule has 0 aromatic heterocycles. The first-order valence-corrected chi connectivity index (χ1v) is 5.66. The molecule has 0 radical (unpaired) electrons. The Morgan fingerprint density at radius 2 is 2.17 bits per heavy atom. The monoisotopic (exact) mass is 189 g/mol. The predicted octanol–water partition coefficient (Wildman–Crippen LogP) is 1.65. The highest BCUT2D eigenvalue weighted by atomic mass is 32.2. The lowest BCUT2D eigenvalue weighted by molar-refractivity contribution is -0.117. The molecule has 0 N–H and O–H groups in total. The number of rotatable bonds is 6. The zero-order valence-corrected chi connectivity index (χ0v) is 9.28. The SMILES string of the molecule is CSCC(C)N(C)CCC(C)=O. The normalized spacial score (nSPS) is 13.4. The van der Waals surface area contributed by atoms with Gasteiger partial charge in [-0.25, -0.2) is 0 Å². The van der Waals surface area contributed by atoms with Crippen molar-refractivity contribution in [1.82, 2.24) is 4.90 Å². The molecular formula is C9H19NOS. The van der Waals surface area contributed by atoms with Crippen molar-refractivity contribution in [3.8, 4) is 0 Å². The van der Waals surface area contributed by atoms with Gasteiger partial charge in [-0.15, -0.1) is 0 Å². The van der Waals surface area contributed by atoms with Crippen LogP contribution in [-0.4, -0.2) is 42.3 Å². The molecule has 0 heterocycles. The summed E-state index contributed by atoms with van der Waals surface area (Å²) >= 11 is 1.85. The fourth-order valence-electron chi connectivity index (χ4n) is 0.923. The molecule has 72 valence electrons. The molecule has 1 unspecified atom stereocenters. The number of carbonyl (C=O) groups is 1. The maximum Gasteiger partial charge on any atom is 0.131 e. The minimum absolute atomic E-state index is 0.276. The van der Waals surface area contributed by atoms with Gasteiger partial charge in [-0.1, -0.05) is 0 Å². The first-order valence-electron chi connectivity index (χ1n) is 4.26. The van der Waals surface area contributed by atoms with Gasteiger partial charge in [-0.2, -0.15) is 11.8 Å². The first-order chi connectivity index (χ1) is 5.57. The Kier molecular flexibility index (Phi) is 6.48. The summed E-state index contributed by atoms with van der Waals surface area (Å²) in [5.74, 6) is 1.41. The lowest BCUT2D eigenvalue weighted by atomic mass is 10.2. The van der Waals surface area contributed by atoms with Gasteiger partial charge in [0, 0.05) is 24.8 Å². The van der Waals surface area contributed by atoms with Gasteiger partial charge < -0.3 is 4.90 Å². The highest BCUT2D eigenvalue weighted by Gasteiger charge is 2.08. The lowest BCUT2D eigenvalue weighted by Gasteiger charge is -2.23. The molecule has 0 aliphatic carbocycles. The Morgan fingerprint density at radius 3 is 2.58 bits per heavy atom. The van der Waals surface area contributed by atoms with Crippen LogP contribution in [0.5, 0.6) is 0 Å². The molecule has 0 amide bonds. The van der Waals surface area contributed by atoms with Crippen molar-refractivity contribution in [1.29, 1.82) is 0 Å². The molecule has 12 heavy (non-hydrogen) atoms. The molecule has 1 atom stereocenters. The maximum atomic E-state index is 10.7. The van der Waals surface area contributed by atoms with Crippen LogP contribution in [0, 0.1) is 0 Å². The summed E-state index contributed by atoms with van der Waals surface area (Å²) in [4.78, 5) is 12.9. The summed E-state index contributed by atoms with van der Waals surface area (Å²) in [6, 6.07) is 0.569. The van der Waals surface area contributed by atoms with E-state index >= 15 is 0 Å². The number of nitrogens with zero attached hydrogens (tertiary/aromatic N) is 1. The van der Waals surface area contributed by atoms with E-state index in [-0.39, 0.29) is 5.78 Å². The number of hydrogen-bond acceptors (Lipinski definition) is 3. The van der Waals surface area contributed by atoms with E-state index in [0.29, 0.717) is 12.5 Å². The minimum atomic E-state index is 0.276. The highest BCUT2D eigenvalue weighted by molar-refractivity contribution is 7.98. The van der Waals surface area contributed by atoms with E-state index < -0.39 is 0 Å². The Morgan fingerprint density at radius 1 is 1.58 bits per heavy atom. The summed E-state index contributed by atoms with van der Waals surface area (Å²) in [6.07, 6.45) is 2.78. The largest absolute Gasteiger partial charge is 0.302 e. The van der Waals surface area contributed by atoms with E-state index in [1.54, 1.807) is 6.92 Å². The Hall–Kier alpha value is -0.0200. The number of carbonyl (C=O) groups excluding carboxylic acids is 1. The van der Waals surface area contributed by atoms with E-state index in [4.69, 9.17) is 0 Å². The van der Waals surface area contributed by atoms with E-state index in [0.717, 1.165) is 12.3 Å². The molecule has 0 aliphatic heterocycles. The van der Waals surface area contributed by atoms with Crippen molar-refractivity contribution in [2.24, 2.45) is 0 Å². The minimum Gasteiger partial charge on any atom is -0.302 e. The summed E-state index contributed by atoms with van der Waals surface area (Å²) in [7, 11) is 2.07. The van der Waals surface area contributed by atoms with E-state index in [2.05, 4.69) is 25.1 Å². The Bertz CT molecular complexity index is 138. The molecule has 0 fully saturated rings. The van der Waals surface area contributed by atoms with Gasteiger partial charge >= 0.3 is 0 Å². The third kappa shape index (κ3) is 5.61. The van der Waals surface area contributed by atoms with E-state index in [9.17, 15) is 4.79 Å². The average Bonchev–Trinajstić information content (AvgIpc) is 2.00. The molecule has 0 bridgehead atoms. The smallest absolute Gasteiger partial charge is 0.131 e. The third-order valence-corrected chi connectivity index (χ3v) is 2.79. The van der Waals surface area contributed by atoms with Crippen molar-refractivity contribution in [2.45, 2.75) is 26.3 Å². The molecule has 0 saturated heterocycles. The number of thioether (sulfide) groups is 1. The molecule has 0 aromatic rings. The maximum absolute atomic E-state index is 10.7. The van der Waals surface area contributed by atoms with Crippen LogP contribution in [0.4, 0.5) is 0 Å². The van der Waals surface area contributed by atoms with Gasteiger partial charge in [0.25, 0.3) is 0 Å². The molecule has 3 heteroatoms. The van der Waals surface area contributed by atoms with Gasteiger partial charge in [-0.3, -0.25) is 4.79 Å². The topological polar surface area (TPSA) is 20.3 Å². The van der Waals surface area contributed by atoms with Crippen molar-refractivity contribution in [2.75, 3.05) is 25.6 Å². The summed E-state index contributed by atoms with van der Waals surface area (Å²) in [5.41, 5.74) is 0. The molecule has 0 aliphatic rings. The number of Topliss-reactive ketones (excluding diaryl/α,β-unsaturated/α-hetero) is 1. The molecule has 0 aromatic carbocycles. The fourth-order valence-corrected chi connectivity index (χ4v) is 1.66. The van der Waals surface area contributed by atoms with Gasteiger partial charge in [0.2, 0.25) is 0 Å². The zero-order chi connectivity index (χ0) is 9.56. The zero-order valence-electron chi connectivity index (χ0n) is 8.46. The van der Waals surface area contributed by atoms with Crippen LogP contribution in [-0.2, 0) is 4.79 Å². The number of hydrogen-bond donors (Lipinski definition) is 0. The van der Waals surface area contributed by atoms with Crippen LogP contribution in [0.2, 0.25) is 0 Å². The second kappa shape index (κ2) is 6.49. The van der Waals surface area contributed by atoms with Crippen LogP contribution in [0.25, 0.3) is 0 Å². The Balaban J connectivity index is 3.55. The second-order valence-electron chi connectivity index (χ2n) is 3.24. The predicted molar refractivity (Wildman–Crippen MR) is 55.8 cm³/mol. The summed E-state index contributed by atoms with van der Waals surface area (Å²) < 4.78 is 0. The highest BCUT2D eigenvalue weighted by Crippen LogP contribution is 2.03. The van der Waals surface area contributed by atoms with Crippen LogP contribution >= 0.6 is 11.8 Å². The van der Waals surface area contributed by atoms with Gasteiger partial charge in [0.1, 0.15) is 5.78 Å². The van der Waals surface area contributed by atoms with Crippen molar-refractivity contribution < 1.29 is 4.79 Å². The summed E-state index contributed by atoms with van der Waals surface area (Å²) in [6.45, 7) is 4.72. The lowest BCUT2D eigenvalue weighted by Crippen LogP contribution is -2.32. The van der Waals surface area contributed by atoms with Gasteiger partial charge in [0.05, 0.1) is 0 Å². The molecular weight excluding hydrogens is 170 g/mol. The van der Waals surface area contributed by atoms with Crippen molar-refractivity contribution in [3.63, 3.8) is 0 Å². The number of ketones is 1. The third-order valence-electron chi connectivity index (χ3n) is 1.98. The van der Waals surface area contributed by atoms with E-state index in [1.807, 2.05) is 11.8 Å². The average molecular weight is 189 g/mol. The van der Waals surface area contributed by atoms with Crippen molar-refractivity contribution in [3.05, 3.63) is 0 Å². The molecule has 2 nitrogen and oxygen atoms in total. The quantitative estimate of drug-likeness (QED) is 0.633. The van der Waals surface area contributed by atoms with Crippen LogP contribution in [0.15, 0.2) is 0 Å². The van der Waals surface area contributed by atoms with Crippen molar-refractivity contribution >= 4 is 17.5 Å². The second-order valence-corrected chi connectivity index (χ2v) is 4.15. The fraction of sp³-hybridized carbons (Fsp3) is 0.889. The molecule has 0 spiro atoms. The van der Waals surface area contributed by atoms with Crippen LogP contribution in [0.1, 0.15) is 20.3 Å². The van der Waals surface area contributed by atoms with E-state index in [1.165, 1.54) is 0 Å². The Labute approximate surface area is 79.7 Å². The van der Waals surface area contributed by atoms with Crippen LogP contribution < -0.4 is 0 Å². The van der Waals surface area contributed by atoms with Gasteiger partial charge in [0.15, 0.2) is 0 Å².